The highest BCUT2D eigenvalue weighted by Gasteiger charge is 2.17. The molecule has 0 unspecified atom stereocenters. The highest BCUT2D eigenvalue weighted by atomic mass is 35.5. The molecule has 1 aromatic rings. The average Bonchev–Trinajstić information content (AvgIpc) is 2.21. The molecule has 3 nitrogen and oxygen atoms in total. The number of hydrogen-bond acceptors (Lipinski definition) is 2. The van der Waals surface area contributed by atoms with Crippen molar-refractivity contribution in [1.29, 1.82) is 0 Å². The maximum atomic E-state index is 12.0. The smallest absolute Gasteiger partial charge is 0.208 e. The lowest BCUT2D eigenvalue weighted by Crippen LogP contribution is -2.32. The van der Waals surface area contributed by atoms with E-state index in [4.69, 9.17) is 23.2 Å². The summed E-state index contributed by atoms with van der Waals surface area (Å²) in [5.74, 6) is 0. The Morgan fingerprint density at radius 3 is 2.47 bits per heavy atom. The first-order valence-electron chi connectivity index (χ1n) is 5.34. The van der Waals surface area contributed by atoms with Crippen LogP contribution < -0.4 is 4.72 Å². The quantitative estimate of drug-likeness (QED) is 0.904. The summed E-state index contributed by atoms with van der Waals surface area (Å²) in [4.78, 5) is 0.134. The summed E-state index contributed by atoms with van der Waals surface area (Å²) in [6.45, 7) is 3.84. The molecular weight excluding hydrogens is 281 g/mol. The second-order valence-electron chi connectivity index (χ2n) is 3.89. The van der Waals surface area contributed by atoms with E-state index in [2.05, 4.69) is 4.72 Å². The first-order valence-corrected chi connectivity index (χ1v) is 7.58. The molecule has 0 aromatic heterocycles. The topological polar surface area (TPSA) is 46.2 Å². The van der Waals surface area contributed by atoms with Crippen molar-refractivity contribution >= 4 is 33.2 Å². The summed E-state index contributed by atoms with van der Waals surface area (Å²) < 4.78 is 26.5. The molecule has 17 heavy (non-hydrogen) atoms. The third-order valence-corrected chi connectivity index (χ3v) is 4.61. The third-order valence-electron chi connectivity index (χ3n) is 2.28. The normalized spacial score (nSPS) is 13.6. The predicted molar refractivity (Wildman–Crippen MR) is 71.2 cm³/mol. The zero-order valence-electron chi connectivity index (χ0n) is 9.70. The number of benzene rings is 1. The van der Waals surface area contributed by atoms with Crippen LogP contribution in [0, 0.1) is 0 Å². The monoisotopic (exact) mass is 295 g/mol. The maximum absolute atomic E-state index is 12.0. The molecule has 96 valence electrons. The summed E-state index contributed by atoms with van der Waals surface area (Å²) in [5, 5.41) is 0.574. The van der Waals surface area contributed by atoms with E-state index in [9.17, 15) is 8.42 Å². The van der Waals surface area contributed by atoms with Crippen LogP contribution in [0.25, 0.3) is 0 Å². The Morgan fingerprint density at radius 1 is 1.29 bits per heavy atom. The molecule has 1 aromatic carbocycles. The van der Waals surface area contributed by atoms with Gasteiger partial charge in [-0.3, -0.25) is 0 Å². The molecule has 1 rings (SSSR count). The Hall–Kier alpha value is -0.290. The molecule has 6 heteroatoms. The fraction of sp³-hybridized carbons (Fsp3) is 0.455. The molecule has 0 bridgehead atoms. The van der Waals surface area contributed by atoms with E-state index >= 15 is 0 Å². The van der Waals surface area contributed by atoms with Gasteiger partial charge in [0, 0.05) is 6.04 Å². The van der Waals surface area contributed by atoms with E-state index in [1.54, 1.807) is 0 Å². The first-order chi connectivity index (χ1) is 7.86. The molecule has 0 fully saturated rings. The molecule has 0 saturated carbocycles. The highest BCUT2D eigenvalue weighted by Crippen LogP contribution is 2.24. The summed E-state index contributed by atoms with van der Waals surface area (Å²) >= 11 is 11.5. The Morgan fingerprint density at radius 2 is 1.94 bits per heavy atom. The zero-order chi connectivity index (χ0) is 13.1. The van der Waals surface area contributed by atoms with Crippen LogP contribution in [0.1, 0.15) is 26.7 Å². The molecule has 0 amide bonds. The van der Waals surface area contributed by atoms with Crippen molar-refractivity contribution in [3.63, 3.8) is 0 Å². The van der Waals surface area contributed by atoms with Crippen LogP contribution in [0.3, 0.4) is 0 Å². The van der Waals surface area contributed by atoms with Gasteiger partial charge in [0.1, 0.15) is 0 Å². The van der Waals surface area contributed by atoms with E-state index in [0.29, 0.717) is 5.02 Å². The van der Waals surface area contributed by atoms with E-state index < -0.39 is 10.0 Å². The molecule has 0 spiro atoms. The van der Waals surface area contributed by atoms with Crippen molar-refractivity contribution in [2.45, 2.75) is 37.6 Å². The van der Waals surface area contributed by atoms with Crippen molar-refractivity contribution in [2.24, 2.45) is 0 Å². The van der Waals surface area contributed by atoms with Crippen LogP contribution in [0.15, 0.2) is 23.1 Å². The maximum Gasteiger partial charge on any atom is 0.240 e. The van der Waals surface area contributed by atoms with Crippen LogP contribution in [-0.4, -0.2) is 14.5 Å². The predicted octanol–water partition coefficient (Wildman–Crippen LogP) is 3.46. The minimum Gasteiger partial charge on any atom is -0.208 e. The molecule has 0 aliphatic rings. The SMILES string of the molecule is CCC[C@@H](C)NS(=O)(=O)c1ccc(Cl)c(Cl)c1. The van der Waals surface area contributed by atoms with E-state index in [1.807, 2.05) is 13.8 Å². The zero-order valence-corrected chi connectivity index (χ0v) is 12.0. The van der Waals surface area contributed by atoms with E-state index in [-0.39, 0.29) is 16.0 Å². The minimum atomic E-state index is -3.51. The fourth-order valence-corrected chi connectivity index (χ4v) is 3.14. The van der Waals surface area contributed by atoms with Gasteiger partial charge in [0.15, 0.2) is 0 Å². The molecule has 0 aliphatic carbocycles. The lowest BCUT2D eigenvalue weighted by atomic mass is 10.2. The van der Waals surface area contributed by atoms with Crippen molar-refractivity contribution in [2.75, 3.05) is 0 Å². The molecule has 0 radical (unpaired) electrons. The fourth-order valence-electron chi connectivity index (χ4n) is 1.47. The highest BCUT2D eigenvalue weighted by molar-refractivity contribution is 7.89. The van der Waals surface area contributed by atoms with E-state index in [1.165, 1.54) is 18.2 Å². The van der Waals surface area contributed by atoms with Crippen molar-refractivity contribution in [3.8, 4) is 0 Å². The molecule has 0 aliphatic heterocycles. The molecule has 1 atom stereocenters. The van der Waals surface area contributed by atoms with Gasteiger partial charge in [-0.2, -0.15) is 0 Å². The number of nitrogens with one attached hydrogen (secondary N) is 1. The minimum absolute atomic E-state index is 0.0977. The van der Waals surface area contributed by atoms with Gasteiger partial charge in [0.05, 0.1) is 14.9 Å². The third kappa shape index (κ3) is 4.14. The number of sulfonamides is 1. The van der Waals surface area contributed by atoms with Crippen molar-refractivity contribution in [1.82, 2.24) is 4.72 Å². The largest absolute Gasteiger partial charge is 0.240 e. The Balaban J connectivity index is 2.93. The Kier molecular flexibility index (Phi) is 5.25. The molecule has 1 N–H and O–H groups in total. The Labute approximate surface area is 112 Å². The second-order valence-corrected chi connectivity index (χ2v) is 6.42. The van der Waals surface area contributed by atoms with Gasteiger partial charge in [-0.05, 0) is 31.5 Å². The van der Waals surface area contributed by atoms with Crippen LogP contribution in [-0.2, 0) is 10.0 Å². The summed E-state index contributed by atoms with van der Waals surface area (Å²) in [6, 6.07) is 4.17. The second kappa shape index (κ2) is 6.05. The first kappa shape index (κ1) is 14.8. The summed E-state index contributed by atoms with van der Waals surface area (Å²) in [6.07, 6.45) is 1.71. The van der Waals surface area contributed by atoms with Crippen LogP contribution in [0.5, 0.6) is 0 Å². The van der Waals surface area contributed by atoms with Crippen LogP contribution in [0.2, 0.25) is 10.0 Å². The van der Waals surface area contributed by atoms with Gasteiger partial charge >= 0.3 is 0 Å². The lowest BCUT2D eigenvalue weighted by molar-refractivity contribution is 0.544. The van der Waals surface area contributed by atoms with Gasteiger partial charge in [-0.15, -0.1) is 0 Å². The lowest BCUT2D eigenvalue weighted by Gasteiger charge is -2.13. The van der Waals surface area contributed by atoms with E-state index in [0.717, 1.165) is 12.8 Å². The molecule has 0 saturated heterocycles. The molecule has 0 heterocycles. The van der Waals surface area contributed by atoms with Crippen molar-refractivity contribution < 1.29 is 8.42 Å². The number of halogens is 2. The standard InChI is InChI=1S/C11H15Cl2NO2S/c1-3-4-8(2)14-17(15,16)9-5-6-10(12)11(13)7-9/h5-8,14H,3-4H2,1-2H3/t8-/m1/s1. The van der Waals surface area contributed by atoms with Gasteiger partial charge in [-0.25, -0.2) is 13.1 Å². The average molecular weight is 296 g/mol. The number of hydrogen-bond donors (Lipinski definition) is 1. The summed E-state index contributed by atoms with van der Waals surface area (Å²) in [5.41, 5.74) is 0. The van der Waals surface area contributed by atoms with Crippen molar-refractivity contribution in [3.05, 3.63) is 28.2 Å². The van der Waals surface area contributed by atoms with Gasteiger partial charge in [0.25, 0.3) is 0 Å². The number of rotatable bonds is 5. The molecular formula is C11H15Cl2NO2S. The van der Waals surface area contributed by atoms with Crippen LogP contribution >= 0.6 is 23.2 Å². The van der Waals surface area contributed by atoms with Gasteiger partial charge < -0.3 is 0 Å². The van der Waals surface area contributed by atoms with Gasteiger partial charge in [-0.1, -0.05) is 36.5 Å². The Bertz CT molecular complexity index is 488. The van der Waals surface area contributed by atoms with Crippen LogP contribution in [0.4, 0.5) is 0 Å². The van der Waals surface area contributed by atoms with Gasteiger partial charge in [0.2, 0.25) is 10.0 Å². The summed E-state index contributed by atoms with van der Waals surface area (Å²) in [7, 11) is -3.51.